The lowest BCUT2D eigenvalue weighted by Crippen LogP contribution is -2.51. The number of benzene rings is 2. The smallest absolute Gasteiger partial charge is 0.193 e. The number of hydrogen-bond acceptors (Lipinski definition) is 3. The number of ether oxygens (including phenoxy) is 1. The first-order valence-corrected chi connectivity index (χ1v) is 11.3. The Balaban J connectivity index is 0.00000320. The lowest BCUT2D eigenvalue weighted by Gasteiger charge is -2.38. The number of hydrogen-bond donors (Lipinski definition) is 1. The second kappa shape index (κ2) is 12.4. The summed E-state index contributed by atoms with van der Waals surface area (Å²) in [5, 5.41) is 3.32. The van der Waals surface area contributed by atoms with Crippen LogP contribution in [0.5, 0.6) is 0 Å². The van der Waals surface area contributed by atoms with Crippen molar-refractivity contribution in [3.63, 3.8) is 0 Å². The average Bonchev–Trinajstić information content (AvgIpc) is 2.72. The molecule has 0 bridgehead atoms. The van der Waals surface area contributed by atoms with Crippen molar-refractivity contribution in [1.82, 2.24) is 10.2 Å². The van der Waals surface area contributed by atoms with Crippen molar-refractivity contribution >= 4 is 40.7 Å². The van der Waals surface area contributed by atoms with Crippen LogP contribution in [0.1, 0.15) is 24.2 Å². The number of halogens is 2. The van der Waals surface area contributed by atoms with Gasteiger partial charge in [-0.1, -0.05) is 42.5 Å². The molecule has 3 unspecified atom stereocenters. The van der Waals surface area contributed by atoms with Crippen LogP contribution in [-0.2, 0) is 21.3 Å². The van der Waals surface area contributed by atoms with Crippen molar-refractivity contribution < 1.29 is 13.3 Å². The maximum atomic E-state index is 13.2. The van der Waals surface area contributed by atoms with Crippen molar-refractivity contribution in [2.75, 3.05) is 32.4 Å². The number of nitrogens with zero attached hydrogens (tertiary/aromatic N) is 2. The van der Waals surface area contributed by atoms with E-state index < -0.39 is 10.8 Å². The zero-order valence-electron chi connectivity index (χ0n) is 17.3. The highest BCUT2D eigenvalue weighted by Gasteiger charge is 2.28. The quantitative estimate of drug-likeness (QED) is 0.342. The number of aliphatic imine (C=N–C) groups is 1. The van der Waals surface area contributed by atoms with E-state index in [9.17, 15) is 8.60 Å². The number of morpholine rings is 1. The van der Waals surface area contributed by atoms with E-state index in [-0.39, 0.29) is 42.0 Å². The van der Waals surface area contributed by atoms with Gasteiger partial charge in [-0.25, -0.2) is 4.39 Å². The van der Waals surface area contributed by atoms with E-state index in [1.54, 1.807) is 19.2 Å². The molecule has 0 spiro atoms. The first-order valence-electron chi connectivity index (χ1n) is 9.80. The highest BCUT2D eigenvalue weighted by Crippen LogP contribution is 2.25. The summed E-state index contributed by atoms with van der Waals surface area (Å²) in [6, 6.07) is 16.3. The fourth-order valence-corrected chi connectivity index (χ4v) is 4.47. The number of nitrogens with one attached hydrogen (secondary N) is 1. The lowest BCUT2D eigenvalue weighted by molar-refractivity contribution is -0.0604. The Bertz CT molecular complexity index is 836. The summed E-state index contributed by atoms with van der Waals surface area (Å²) in [6.45, 7) is 3.94. The maximum absolute atomic E-state index is 13.2. The molecule has 2 aromatic carbocycles. The molecule has 1 N–H and O–H groups in total. The Labute approximate surface area is 197 Å². The average molecular weight is 545 g/mol. The Morgan fingerprint density at radius 2 is 1.90 bits per heavy atom. The third-order valence-corrected chi connectivity index (χ3v) is 6.11. The zero-order valence-corrected chi connectivity index (χ0v) is 20.4. The van der Waals surface area contributed by atoms with Gasteiger partial charge in [0.1, 0.15) is 11.9 Å². The molecule has 0 saturated carbocycles. The minimum atomic E-state index is -0.937. The zero-order chi connectivity index (χ0) is 20.6. The molecule has 30 heavy (non-hydrogen) atoms. The Kier molecular flexibility index (Phi) is 10.2. The summed E-state index contributed by atoms with van der Waals surface area (Å²) in [5.41, 5.74) is 2.03. The van der Waals surface area contributed by atoms with Gasteiger partial charge in [0.15, 0.2) is 5.96 Å². The van der Waals surface area contributed by atoms with Gasteiger partial charge in [-0.15, -0.1) is 24.0 Å². The molecular formula is C22H29FIN3O2S. The first-order chi connectivity index (χ1) is 14.0. The van der Waals surface area contributed by atoms with Crippen LogP contribution in [0.2, 0.25) is 0 Å². The van der Waals surface area contributed by atoms with Crippen LogP contribution < -0.4 is 5.32 Å². The highest BCUT2D eigenvalue weighted by atomic mass is 127. The third-order valence-electron chi connectivity index (χ3n) is 4.80. The molecule has 0 amide bonds. The highest BCUT2D eigenvalue weighted by molar-refractivity contribution is 14.0. The summed E-state index contributed by atoms with van der Waals surface area (Å²) >= 11 is 0. The van der Waals surface area contributed by atoms with Crippen molar-refractivity contribution in [3.8, 4) is 0 Å². The van der Waals surface area contributed by atoms with Crippen molar-refractivity contribution in [2.45, 2.75) is 24.9 Å². The molecule has 2 aromatic rings. The Morgan fingerprint density at radius 1 is 1.20 bits per heavy atom. The molecule has 164 valence electrons. The maximum Gasteiger partial charge on any atom is 0.193 e. The van der Waals surface area contributed by atoms with Crippen LogP contribution in [0.4, 0.5) is 4.39 Å². The molecule has 1 heterocycles. The van der Waals surface area contributed by atoms with Gasteiger partial charge in [-0.2, -0.15) is 0 Å². The van der Waals surface area contributed by atoms with E-state index in [0.29, 0.717) is 31.1 Å². The molecule has 3 atom stereocenters. The van der Waals surface area contributed by atoms with Crippen molar-refractivity contribution in [3.05, 3.63) is 71.5 Å². The third kappa shape index (κ3) is 7.31. The monoisotopic (exact) mass is 545 g/mol. The standard InChI is InChI=1S/C22H28FN3O2S.HI/c1-17-14-26(15-21(28-17)19-8-10-20(23)11-9-19)22(24-2)25-12-13-29(27)16-18-6-4-3-5-7-18;/h3-11,17,21H,12-16H2,1-2H3,(H,24,25);1H. The van der Waals surface area contributed by atoms with E-state index in [1.165, 1.54) is 12.1 Å². The largest absolute Gasteiger partial charge is 0.367 e. The van der Waals surface area contributed by atoms with E-state index in [1.807, 2.05) is 37.3 Å². The fraction of sp³-hybridized carbons (Fsp3) is 0.409. The normalized spacial score (nSPS) is 20.4. The van der Waals surface area contributed by atoms with Gasteiger partial charge in [0.2, 0.25) is 0 Å². The predicted octanol–water partition coefficient (Wildman–Crippen LogP) is 3.73. The molecular weight excluding hydrogens is 516 g/mol. The summed E-state index contributed by atoms with van der Waals surface area (Å²) in [7, 11) is 0.810. The summed E-state index contributed by atoms with van der Waals surface area (Å²) in [6.07, 6.45) is -0.130. The summed E-state index contributed by atoms with van der Waals surface area (Å²) < 4.78 is 31.6. The molecule has 1 aliphatic heterocycles. The van der Waals surface area contributed by atoms with E-state index in [2.05, 4.69) is 15.2 Å². The van der Waals surface area contributed by atoms with Gasteiger partial charge in [-0.05, 0) is 30.2 Å². The molecule has 0 radical (unpaired) electrons. The van der Waals surface area contributed by atoms with Gasteiger partial charge in [-0.3, -0.25) is 9.20 Å². The number of guanidine groups is 1. The van der Waals surface area contributed by atoms with Crippen molar-refractivity contribution in [1.29, 1.82) is 0 Å². The molecule has 8 heteroatoms. The molecule has 1 fully saturated rings. The predicted molar refractivity (Wildman–Crippen MR) is 131 cm³/mol. The second-order valence-electron chi connectivity index (χ2n) is 7.14. The second-order valence-corrected chi connectivity index (χ2v) is 8.72. The Morgan fingerprint density at radius 3 is 2.57 bits per heavy atom. The molecule has 3 rings (SSSR count). The van der Waals surface area contributed by atoms with Gasteiger partial charge in [0.05, 0.1) is 12.6 Å². The minimum absolute atomic E-state index is 0. The van der Waals surface area contributed by atoms with Crippen molar-refractivity contribution in [2.24, 2.45) is 4.99 Å². The van der Waals surface area contributed by atoms with Crippen LogP contribution in [0.25, 0.3) is 0 Å². The first kappa shape index (κ1) is 24.7. The van der Waals surface area contributed by atoms with Crippen LogP contribution in [0.15, 0.2) is 59.6 Å². The number of rotatable bonds is 6. The van der Waals surface area contributed by atoms with Crippen LogP contribution >= 0.6 is 24.0 Å². The van der Waals surface area contributed by atoms with Gasteiger partial charge < -0.3 is 15.0 Å². The van der Waals surface area contributed by atoms with E-state index in [4.69, 9.17) is 4.74 Å². The molecule has 0 aliphatic carbocycles. The van der Waals surface area contributed by atoms with Gasteiger partial charge in [0.25, 0.3) is 0 Å². The molecule has 1 aliphatic rings. The van der Waals surface area contributed by atoms with Gasteiger partial charge >= 0.3 is 0 Å². The molecule has 5 nitrogen and oxygen atoms in total. The Hall–Kier alpha value is -1.52. The van der Waals surface area contributed by atoms with Crippen LogP contribution in [0.3, 0.4) is 0 Å². The van der Waals surface area contributed by atoms with Gasteiger partial charge in [0, 0.05) is 42.4 Å². The SMILES string of the molecule is CN=C(NCCS(=O)Cc1ccccc1)N1CC(C)OC(c2ccc(F)cc2)C1.I. The molecule has 1 saturated heterocycles. The minimum Gasteiger partial charge on any atom is -0.367 e. The van der Waals surface area contributed by atoms with E-state index >= 15 is 0 Å². The summed E-state index contributed by atoms with van der Waals surface area (Å²) in [4.78, 5) is 6.53. The van der Waals surface area contributed by atoms with Crippen LogP contribution in [0, 0.1) is 5.82 Å². The fourth-order valence-electron chi connectivity index (χ4n) is 3.43. The topological polar surface area (TPSA) is 53.9 Å². The lowest BCUT2D eigenvalue weighted by atomic mass is 10.1. The summed E-state index contributed by atoms with van der Waals surface area (Å²) in [5.74, 6) is 1.62. The van der Waals surface area contributed by atoms with E-state index in [0.717, 1.165) is 17.1 Å². The molecule has 0 aromatic heterocycles. The van der Waals surface area contributed by atoms with Crippen LogP contribution in [-0.4, -0.2) is 53.6 Å².